The third kappa shape index (κ3) is 1.98. The van der Waals surface area contributed by atoms with Gasteiger partial charge in [-0.05, 0) is 13.8 Å². The molecule has 6 nitrogen and oxygen atoms in total. The number of nitrogens with two attached hydrogens (primary N) is 2. The van der Waals surface area contributed by atoms with Gasteiger partial charge in [-0.25, -0.2) is 0 Å². The Bertz CT molecular complexity index is 172. The molecular formula is C7H18N2O4. The van der Waals surface area contributed by atoms with Crippen LogP contribution in [0.3, 0.4) is 0 Å². The Morgan fingerprint density at radius 3 is 1.62 bits per heavy atom. The van der Waals surface area contributed by atoms with Crippen molar-refractivity contribution >= 4 is 0 Å². The lowest BCUT2D eigenvalue weighted by atomic mass is 9.82. The van der Waals surface area contributed by atoms with E-state index in [9.17, 15) is 15.3 Å². The molecule has 0 heterocycles. The average Bonchev–Trinajstić information content (AvgIpc) is 2.01. The zero-order valence-corrected chi connectivity index (χ0v) is 7.81. The topological polar surface area (TPSA) is 133 Å². The van der Waals surface area contributed by atoms with Gasteiger partial charge in [-0.1, -0.05) is 0 Å². The summed E-state index contributed by atoms with van der Waals surface area (Å²) < 4.78 is 0. The molecule has 0 fully saturated rings. The lowest BCUT2D eigenvalue weighted by Crippen LogP contribution is -2.73. The molecule has 80 valence electrons. The zero-order chi connectivity index (χ0) is 10.9. The number of hydrogen-bond donors (Lipinski definition) is 6. The first-order valence-electron chi connectivity index (χ1n) is 4.00. The summed E-state index contributed by atoms with van der Waals surface area (Å²) in [7, 11) is 0. The Balaban J connectivity index is 4.95. The molecule has 3 unspecified atom stereocenters. The first kappa shape index (κ1) is 12.8. The molecular weight excluding hydrogens is 176 g/mol. The second-order valence-electron chi connectivity index (χ2n) is 3.32. The molecule has 0 saturated carbocycles. The summed E-state index contributed by atoms with van der Waals surface area (Å²) >= 11 is 0. The van der Waals surface area contributed by atoms with Crippen LogP contribution in [0.1, 0.15) is 13.8 Å². The van der Waals surface area contributed by atoms with Gasteiger partial charge in [0.05, 0.1) is 6.10 Å². The smallest absolute Gasteiger partial charge is 0.211 e. The van der Waals surface area contributed by atoms with Gasteiger partial charge in [-0.15, -0.1) is 0 Å². The van der Waals surface area contributed by atoms with Crippen LogP contribution in [0.15, 0.2) is 0 Å². The SMILES string of the molecule is CC(O)C(O)(O)C(N)(CN)C(C)O. The van der Waals surface area contributed by atoms with E-state index in [-0.39, 0.29) is 6.54 Å². The van der Waals surface area contributed by atoms with E-state index in [0.717, 1.165) is 6.92 Å². The third-order valence-corrected chi connectivity index (χ3v) is 2.35. The van der Waals surface area contributed by atoms with E-state index in [1.165, 1.54) is 6.92 Å². The molecule has 0 aromatic rings. The standard InChI is InChI=1S/C7H18N2O4/c1-4(10)6(9,3-8)7(12,13)5(2)11/h4-5,10-13H,3,8-9H2,1-2H3. The molecule has 0 bridgehead atoms. The number of aliphatic hydroxyl groups is 4. The molecule has 13 heavy (non-hydrogen) atoms. The van der Waals surface area contributed by atoms with Gasteiger partial charge in [-0.2, -0.15) is 0 Å². The van der Waals surface area contributed by atoms with Crippen LogP contribution >= 0.6 is 0 Å². The summed E-state index contributed by atoms with van der Waals surface area (Å²) in [4.78, 5) is 0. The van der Waals surface area contributed by atoms with Gasteiger partial charge in [-0.3, -0.25) is 0 Å². The number of rotatable bonds is 4. The fourth-order valence-electron chi connectivity index (χ4n) is 1.02. The molecule has 0 saturated heterocycles. The Morgan fingerprint density at radius 2 is 1.54 bits per heavy atom. The monoisotopic (exact) mass is 194 g/mol. The van der Waals surface area contributed by atoms with Gasteiger partial charge in [0.15, 0.2) is 0 Å². The minimum Gasteiger partial charge on any atom is -0.391 e. The van der Waals surface area contributed by atoms with Gasteiger partial charge in [0, 0.05) is 6.54 Å². The van der Waals surface area contributed by atoms with Gasteiger partial charge in [0.1, 0.15) is 11.6 Å². The summed E-state index contributed by atoms with van der Waals surface area (Å²) in [6.07, 6.45) is -2.75. The zero-order valence-electron chi connectivity index (χ0n) is 7.81. The molecule has 0 rings (SSSR count). The molecule has 8 N–H and O–H groups in total. The first-order chi connectivity index (χ1) is 5.70. The third-order valence-electron chi connectivity index (χ3n) is 2.35. The lowest BCUT2D eigenvalue weighted by Gasteiger charge is -2.43. The van der Waals surface area contributed by atoms with Crippen LogP contribution < -0.4 is 11.5 Å². The van der Waals surface area contributed by atoms with Crippen molar-refractivity contribution in [1.82, 2.24) is 0 Å². The van der Waals surface area contributed by atoms with E-state index in [2.05, 4.69) is 0 Å². The summed E-state index contributed by atoms with van der Waals surface area (Å²) in [5, 5.41) is 37.1. The van der Waals surface area contributed by atoms with E-state index in [4.69, 9.17) is 16.6 Å². The summed E-state index contributed by atoms with van der Waals surface area (Å²) in [5.74, 6) is -2.62. The Kier molecular flexibility index (Phi) is 3.80. The van der Waals surface area contributed by atoms with E-state index in [0.29, 0.717) is 0 Å². The molecule has 0 aromatic carbocycles. The van der Waals surface area contributed by atoms with Crippen molar-refractivity contribution in [3.05, 3.63) is 0 Å². The van der Waals surface area contributed by atoms with Crippen molar-refractivity contribution in [3.8, 4) is 0 Å². The van der Waals surface area contributed by atoms with Crippen LogP contribution in [0.5, 0.6) is 0 Å². The minimum absolute atomic E-state index is 0.359. The molecule has 0 amide bonds. The van der Waals surface area contributed by atoms with Gasteiger partial charge < -0.3 is 31.9 Å². The van der Waals surface area contributed by atoms with Crippen LogP contribution in [0.25, 0.3) is 0 Å². The largest absolute Gasteiger partial charge is 0.391 e. The first-order valence-corrected chi connectivity index (χ1v) is 4.00. The minimum atomic E-state index is -2.62. The summed E-state index contributed by atoms with van der Waals surface area (Å²) in [6, 6.07) is 0. The van der Waals surface area contributed by atoms with Crippen LogP contribution in [0, 0.1) is 0 Å². The molecule has 0 radical (unpaired) electrons. The van der Waals surface area contributed by atoms with E-state index in [1.807, 2.05) is 0 Å². The van der Waals surface area contributed by atoms with Crippen LogP contribution in [-0.2, 0) is 0 Å². The second kappa shape index (κ2) is 3.87. The normalized spacial score (nSPS) is 22.2. The maximum absolute atomic E-state index is 9.42. The second-order valence-corrected chi connectivity index (χ2v) is 3.32. The van der Waals surface area contributed by atoms with Crippen LogP contribution in [-0.4, -0.2) is 50.5 Å². The van der Waals surface area contributed by atoms with Crippen molar-refractivity contribution in [2.75, 3.05) is 6.54 Å². The Labute approximate surface area is 76.8 Å². The van der Waals surface area contributed by atoms with Crippen LogP contribution in [0.4, 0.5) is 0 Å². The van der Waals surface area contributed by atoms with Gasteiger partial charge >= 0.3 is 0 Å². The van der Waals surface area contributed by atoms with E-state index < -0.39 is 23.5 Å². The maximum Gasteiger partial charge on any atom is 0.211 e. The van der Waals surface area contributed by atoms with Crippen molar-refractivity contribution in [2.45, 2.75) is 37.4 Å². The molecule has 6 heteroatoms. The number of aliphatic hydroxyl groups excluding tert-OH is 2. The fraction of sp³-hybridized carbons (Fsp3) is 1.00. The van der Waals surface area contributed by atoms with E-state index in [1.54, 1.807) is 0 Å². The Hall–Kier alpha value is -0.240. The summed E-state index contributed by atoms with van der Waals surface area (Å²) in [5.41, 5.74) is 8.85. The molecule has 3 atom stereocenters. The Morgan fingerprint density at radius 1 is 1.15 bits per heavy atom. The molecule has 0 aliphatic carbocycles. The molecule has 0 aliphatic heterocycles. The number of hydrogen-bond acceptors (Lipinski definition) is 6. The average molecular weight is 194 g/mol. The van der Waals surface area contributed by atoms with Gasteiger partial charge in [0.25, 0.3) is 0 Å². The fourth-order valence-corrected chi connectivity index (χ4v) is 1.02. The van der Waals surface area contributed by atoms with Crippen LogP contribution in [0.2, 0.25) is 0 Å². The summed E-state index contributed by atoms with van der Waals surface area (Å²) in [6.45, 7) is 2.07. The van der Waals surface area contributed by atoms with Crippen molar-refractivity contribution in [3.63, 3.8) is 0 Å². The van der Waals surface area contributed by atoms with Crippen molar-refractivity contribution < 1.29 is 20.4 Å². The molecule has 0 aromatic heterocycles. The highest BCUT2D eigenvalue weighted by molar-refractivity contribution is 5.04. The maximum atomic E-state index is 9.42. The highest BCUT2D eigenvalue weighted by Gasteiger charge is 2.52. The predicted octanol–water partition coefficient (Wildman–Crippen LogP) is -2.91. The molecule has 0 spiro atoms. The quantitative estimate of drug-likeness (QED) is 0.266. The van der Waals surface area contributed by atoms with Gasteiger partial charge in [0.2, 0.25) is 5.79 Å². The highest BCUT2D eigenvalue weighted by atomic mass is 16.5. The van der Waals surface area contributed by atoms with E-state index >= 15 is 0 Å². The van der Waals surface area contributed by atoms with Crippen molar-refractivity contribution in [2.24, 2.45) is 11.5 Å². The molecule has 0 aliphatic rings. The highest BCUT2D eigenvalue weighted by Crippen LogP contribution is 2.23. The lowest BCUT2D eigenvalue weighted by molar-refractivity contribution is -0.272. The van der Waals surface area contributed by atoms with Crippen molar-refractivity contribution in [1.29, 1.82) is 0 Å². The predicted molar refractivity (Wildman–Crippen MR) is 46.5 cm³/mol.